The van der Waals surface area contributed by atoms with Crippen LogP contribution in [0.2, 0.25) is 0 Å². The standard InChI is InChI=1S/C23H27N3O3/c1-23(2,3)18-9-11-19(12-10-18)29-14-13-26-16-17(15-24-25-22(27)28-4)20-7-5-6-8-21(20)26/h5-12,15-16H,13-14H2,1-4H3,(H,25,27)/b24-15-. The number of aromatic nitrogens is 1. The predicted molar refractivity (Wildman–Crippen MR) is 116 cm³/mol. The molecule has 0 spiro atoms. The smallest absolute Gasteiger partial charge is 0.427 e. The van der Waals surface area contributed by atoms with E-state index in [1.165, 1.54) is 12.7 Å². The number of carbonyl (C=O) groups is 1. The van der Waals surface area contributed by atoms with E-state index in [9.17, 15) is 4.79 Å². The van der Waals surface area contributed by atoms with E-state index < -0.39 is 6.09 Å². The highest BCUT2D eigenvalue weighted by atomic mass is 16.5. The third-order valence-corrected chi connectivity index (χ3v) is 4.69. The normalized spacial score (nSPS) is 11.7. The minimum Gasteiger partial charge on any atom is -0.492 e. The number of fused-ring (bicyclic) bond motifs is 1. The Morgan fingerprint density at radius 3 is 2.55 bits per heavy atom. The summed E-state index contributed by atoms with van der Waals surface area (Å²) in [6.45, 7) is 7.83. The summed E-state index contributed by atoms with van der Waals surface area (Å²) in [5.41, 5.74) is 5.71. The Labute approximate surface area is 171 Å². The zero-order valence-corrected chi connectivity index (χ0v) is 17.3. The maximum atomic E-state index is 11.2. The number of hydrogen-bond donors (Lipinski definition) is 1. The third kappa shape index (κ3) is 5.16. The number of rotatable bonds is 6. The third-order valence-electron chi connectivity index (χ3n) is 4.69. The van der Waals surface area contributed by atoms with E-state index >= 15 is 0 Å². The van der Waals surface area contributed by atoms with Gasteiger partial charge in [0.1, 0.15) is 12.4 Å². The average molecular weight is 393 g/mol. The second-order valence-corrected chi connectivity index (χ2v) is 7.78. The molecular formula is C23H27N3O3. The summed E-state index contributed by atoms with van der Waals surface area (Å²) in [7, 11) is 1.30. The molecule has 6 heteroatoms. The lowest BCUT2D eigenvalue weighted by molar-refractivity contribution is 0.171. The molecule has 3 rings (SSSR count). The summed E-state index contributed by atoms with van der Waals surface area (Å²) in [5, 5.41) is 4.99. The average Bonchev–Trinajstić information content (AvgIpc) is 3.05. The number of nitrogens with one attached hydrogen (secondary N) is 1. The Morgan fingerprint density at radius 2 is 1.86 bits per heavy atom. The molecule has 1 amide bonds. The van der Waals surface area contributed by atoms with Gasteiger partial charge in [0.25, 0.3) is 0 Å². The summed E-state index contributed by atoms with van der Waals surface area (Å²) in [5.74, 6) is 0.860. The van der Waals surface area contributed by atoms with Gasteiger partial charge in [0.15, 0.2) is 0 Å². The Morgan fingerprint density at radius 1 is 1.14 bits per heavy atom. The lowest BCUT2D eigenvalue weighted by atomic mass is 9.87. The molecule has 0 aliphatic heterocycles. The number of hydrazone groups is 1. The van der Waals surface area contributed by atoms with Gasteiger partial charge in [-0.25, -0.2) is 10.2 Å². The lowest BCUT2D eigenvalue weighted by Crippen LogP contribution is -2.16. The van der Waals surface area contributed by atoms with Gasteiger partial charge >= 0.3 is 6.09 Å². The van der Waals surface area contributed by atoms with Crippen LogP contribution in [0.15, 0.2) is 59.8 Å². The van der Waals surface area contributed by atoms with E-state index in [2.05, 4.69) is 58.8 Å². The van der Waals surface area contributed by atoms with Crippen molar-refractivity contribution in [3.8, 4) is 5.75 Å². The SMILES string of the molecule is COC(=O)N/N=C\c1cn(CCOc2ccc(C(C)(C)C)cc2)c2ccccc12. The van der Waals surface area contributed by atoms with Crippen molar-refractivity contribution < 1.29 is 14.3 Å². The molecule has 0 radical (unpaired) electrons. The number of hydrogen-bond acceptors (Lipinski definition) is 4. The molecule has 152 valence electrons. The van der Waals surface area contributed by atoms with Crippen molar-refractivity contribution in [1.29, 1.82) is 0 Å². The van der Waals surface area contributed by atoms with Crippen LogP contribution >= 0.6 is 0 Å². The largest absolute Gasteiger partial charge is 0.492 e. The molecule has 0 aliphatic rings. The summed E-state index contributed by atoms with van der Waals surface area (Å²) < 4.78 is 12.6. The van der Waals surface area contributed by atoms with E-state index in [0.29, 0.717) is 13.2 Å². The van der Waals surface area contributed by atoms with Crippen LogP contribution in [0, 0.1) is 0 Å². The molecule has 1 N–H and O–H groups in total. The maximum absolute atomic E-state index is 11.2. The van der Waals surface area contributed by atoms with Crippen LogP contribution in [0.5, 0.6) is 5.75 Å². The zero-order valence-electron chi connectivity index (χ0n) is 17.3. The quantitative estimate of drug-likeness (QED) is 0.487. The van der Waals surface area contributed by atoms with Crippen molar-refractivity contribution in [1.82, 2.24) is 9.99 Å². The monoisotopic (exact) mass is 393 g/mol. The molecule has 0 unspecified atom stereocenters. The lowest BCUT2D eigenvalue weighted by Gasteiger charge is -2.19. The summed E-state index contributed by atoms with van der Waals surface area (Å²) >= 11 is 0. The van der Waals surface area contributed by atoms with Gasteiger partial charge in [-0.05, 0) is 29.2 Å². The minimum absolute atomic E-state index is 0.128. The van der Waals surface area contributed by atoms with E-state index in [0.717, 1.165) is 22.2 Å². The maximum Gasteiger partial charge on any atom is 0.427 e. The molecular weight excluding hydrogens is 366 g/mol. The highest BCUT2D eigenvalue weighted by Gasteiger charge is 2.13. The van der Waals surface area contributed by atoms with Gasteiger partial charge in [0.05, 0.1) is 19.9 Å². The van der Waals surface area contributed by atoms with Crippen molar-refractivity contribution in [2.24, 2.45) is 5.10 Å². The van der Waals surface area contributed by atoms with Crippen LogP contribution in [0.1, 0.15) is 31.9 Å². The van der Waals surface area contributed by atoms with Gasteiger partial charge in [-0.1, -0.05) is 51.1 Å². The summed E-state index contributed by atoms with van der Waals surface area (Å²) in [6.07, 6.45) is 3.01. The first kappa shape index (κ1) is 20.5. The summed E-state index contributed by atoms with van der Waals surface area (Å²) in [6, 6.07) is 16.3. The number of nitrogens with zero attached hydrogens (tertiary/aromatic N) is 2. The Balaban J connectivity index is 1.68. The first-order chi connectivity index (χ1) is 13.9. The van der Waals surface area contributed by atoms with Crippen LogP contribution in [0.4, 0.5) is 4.79 Å². The number of para-hydroxylation sites is 1. The fraction of sp³-hybridized carbons (Fsp3) is 0.304. The molecule has 0 atom stereocenters. The van der Waals surface area contributed by atoms with Gasteiger partial charge < -0.3 is 14.0 Å². The second-order valence-electron chi connectivity index (χ2n) is 7.78. The zero-order chi connectivity index (χ0) is 20.9. The van der Waals surface area contributed by atoms with Crippen LogP contribution in [0.3, 0.4) is 0 Å². The van der Waals surface area contributed by atoms with Crippen LogP contribution in [-0.4, -0.2) is 30.6 Å². The molecule has 1 aromatic heterocycles. The molecule has 6 nitrogen and oxygen atoms in total. The van der Waals surface area contributed by atoms with E-state index in [4.69, 9.17) is 4.74 Å². The number of methoxy groups -OCH3 is 1. The molecule has 0 saturated carbocycles. The van der Waals surface area contributed by atoms with Crippen molar-refractivity contribution in [3.63, 3.8) is 0 Å². The van der Waals surface area contributed by atoms with E-state index in [1.54, 1.807) is 6.21 Å². The molecule has 1 heterocycles. The summed E-state index contributed by atoms with van der Waals surface area (Å²) in [4.78, 5) is 11.2. The molecule has 3 aromatic rings. The Hall–Kier alpha value is -3.28. The highest BCUT2D eigenvalue weighted by molar-refractivity contribution is 5.99. The van der Waals surface area contributed by atoms with Gasteiger partial charge in [-0.15, -0.1) is 0 Å². The molecule has 2 aromatic carbocycles. The second kappa shape index (κ2) is 8.82. The van der Waals surface area contributed by atoms with Crippen molar-refractivity contribution in [2.75, 3.05) is 13.7 Å². The van der Waals surface area contributed by atoms with Crippen molar-refractivity contribution >= 4 is 23.2 Å². The van der Waals surface area contributed by atoms with Crippen LogP contribution in [-0.2, 0) is 16.7 Å². The predicted octanol–water partition coefficient (Wildman–Crippen LogP) is 4.71. The molecule has 0 aliphatic carbocycles. The van der Waals surface area contributed by atoms with Gasteiger partial charge in [-0.3, -0.25) is 0 Å². The minimum atomic E-state index is -0.601. The van der Waals surface area contributed by atoms with Crippen LogP contribution in [0.25, 0.3) is 10.9 Å². The number of carbonyl (C=O) groups excluding carboxylic acids is 1. The van der Waals surface area contributed by atoms with Gasteiger partial charge in [-0.2, -0.15) is 5.10 Å². The molecule has 29 heavy (non-hydrogen) atoms. The van der Waals surface area contributed by atoms with Crippen molar-refractivity contribution in [3.05, 3.63) is 65.9 Å². The molecule has 0 bridgehead atoms. The highest BCUT2D eigenvalue weighted by Crippen LogP contribution is 2.24. The number of amides is 1. The molecule has 0 fully saturated rings. The van der Waals surface area contributed by atoms with Gasteiger partial charge in [0, 0.05) is 22.7 Å². The van der Waals surface area contributed by atoms with Gasteiger partial charge in [0.2, 0.25) is 0 Å². The van der Waals surface area contributed by atoms with Crippen LogP contribution < -0.4 is 10.2 Å². The fourth-order valence-corrected chi connectivity index (χ4v) is 3.08. The fourth-order valence-electron chi connectivity index (χ4n) is 3.08. The number of benzene rings is 2. The van der Waals surface area contributed by atoms with E-state index in [1.807, 2.05) is 36.5 Å². The Bertz CT molecular complexity index is 998. The van der Waals surface area contributed by atoms with E-state index in [-0.39, 0.29) is 5.41 Å². The topological polar surface area (TPSA) is 64.8 Å². The van der Waals surface area contributed by atoms with Crippen molar-refractivity contribution in [2.45, 2.75) is 32.7 Å². The Kier molecular flexibility index (Phi) is 6.22. The first-order valence-electron chi connectivity index (χ1n) is 9.57. The first-order valence-corrected chi connectivity index (χ1v) is 9.57. The molecule has 0 saturated heterocycles. The number of ether oxygens (including phenoxy) is 2.